The van der Waals surface area contributed by atoms with E-state index < -0.39 is 24.2 Å². The van der Waals surface area contributed by atoms with E-state index in [1.54, 1.807) is 6.92 Å². The summed E-state index contributed by atoms with van der Waals surface area (Å²) >= 11 is 0. The molecule has 0 bridgehead atoms. The van der Waals surface area contributed by atoms with Crippen molar-refractivity contribution in [2.24, 2.45) is 5.73 Å². The predicted molar refractivity (Wildman–Crippen MR) is 54.7 cm³/mol. The van der Waals surface area contributed by atoms with E-state index in [9.17, 15) is 9.59 Å². The number of esters is 1. The van der Waals surface area contributed by atoms with Crippen molar-refractivity contribution in [2.45, 2.75) is 25.5 Å². The molecule has 0 spiro atoms. The minimum atomic E-state index is -0.597. The van der Waals surface area contributed by atoms with E-state index in [1.807, 2.05) is 0 Å². The Morgan fingerprint density at radius 1 is 1.80 bits per heavy atom. The van der Waals surface area contributed by atoms with E-state index in [4.69, 9.17) is 15.2 Å². The number of hydrogen-bond acceptors (Lipinski definition) is 5. The lowest BCUT2D eigenvalue weighted by atomic mass is 10.2. The number of nitrogens with one attached hydrogen (secondary N) is 1. The quantitative estimate of drug-likeness (QED) is 0.662. The Bertz CT molecular complexity index is 237. The van der Waals surface area contributed by atoms with Crippen LogP contribution in [0.5, 0.6) is 0 Å². The van der Waals surface area contributed by atoms with E-state index >= 15 is 0 Å². The second-order valence-corrected chi connectivity index (χ2v) is 3.05. The third kappa shape index (κ3) is 4.35. The van der Waals surface area contributed by atoms with Gasteiger partial charge in [-0.1, -0.05) is 6.92 Å². The molecule has 0 unspecified atom stereocenters. The molecule has 0 aromatic rings. The monoisotopic (exact) mass is 238 g/mol. The van der Waals surface area contributed by atoms with Gasteiger partial charge in [0.15, 0.2) is 6.10 Å². The fourth-order valence-electron chi connectivity index (χ4n) is 0.974. The molecule has 0 saturated carbocycles. The smallest absolute Gasteiger partial charge is 0.407 e. The lowest BCUT2D eigenvalue weighted by molar-refractivity contribution is -0.147. The third-order valence-electron chi connectivity index (χ3n) is 1.90. The predicted octanol–water partition coefficient (Wildman–Crippen LogP) is -0.203. The fraction of sp³-hybridized carbons (Fsp3) is 0.750. The van der Waals surface area contributed by atoms with Gasteiger partial charge in [0, 0.05) is 0 Å². The van der Waals surface area contributed by atoms with Gasteiger partial charge in [0.1, 0.15) is 12.6 Å². The largest absolute Gasteiger partial charge is 0.461 e. The molecule has 0 aromatic carbocycles. The Labute approximate surface area is 93.9 Å². The van der Waals surface area contributed by atoms with Crippen LogP contribution in [-0.4, -0.2) is 37.4 Å². The number of cyclic esters (lactones) is 1. The SMILES string of the molecule is CC[C@H](N)C(=O)OC[C@H]1CNC(=O)O1.Cl. The average molecular weight is 239 g/mol. The summed E-state index contributed by atoms with van der Waals surface area (Å²) in [4.78, 5) is 21.7. The van der Waals surface area contributed by atoms with Crippen molar-refractivity contribution in [2.75, 3.05) is 13.2 Å². The maximum absolute atomic E-state index is 11.1. The Morgan fingerprint density at radius 2 is 2.47 bits per heavy atom. The first kappa shape index (κ1) is 14.0. The molecule has 1 saturated heterocycles. The molecule has 0 aromatic heterocycles. The molecule has 7 heteroatoms. The second-order valence-electron chi connectivity index (χ2n) is 3.05. The second kappa shape index (κ2) is 6.47. The molecule has 1 heterocycles. The molecule has 0 aliphatic carbocycles. The summed E-state index contributed by atoms with van der Waals surface area (Å²) in [6.07, 6.45) is -0.344. The van der Waals surface area contributed by atoms with Crippen molar-refractivity contribution in [1.29, 1.82) is 0 Å². The van der Waals surface area contributed by atoms with Gasteiger partial charge in [-0.25, -0.2) is 4.79 Å². The number of carbonyl (C=O) groups excluding carboxylic acids is 2. The highest BCUT2D eigenvalue weighted by Gasteiger charge is 2.24. The maximum atomic E-state index is 11.1. The molecular weight excluding hydrogens is 224 g/mol. The van der Waals surface area contributed by atoms with Crippen LogP contribution in [0, 0.1) is 0 Å². The van der Waals surface area contributed by atoms with Crippen LogP contribution in [-0.2, 0) is 14.3 Å². The van der Waals surface area contributed by atoms with E-state index in [1.165, 1.54) is 0 Å². The highest BCUT2D eigenvalue weighted by Crippen LogP contribution is 2.01. The number of alkyl carbamates (subject to hydrolysis) is 1. The van der Waals surface area contributed by atoms with Gasteiger partial charge >= 0.3 is 12.1 Å². The van der Waals surface area contributed by atoms with Crippen molar-refractivity contribution in [1.82, 2.24) is 5.32 Å². The lowest BCUT2D eigenvalue weighted by Crippen LogP contribution is -2.34. The molecule has 88 valence electrons. The number of hydrogen-bond donors (Lipinski definition) is 2. The van der Waals surface area contributed by atoms with Crippen LogP contribution in [0.25, 0.3) is 0 Å². The Kier molecular flexibility index (Phi) is 6.03. The number of amides is 1. The Balaban J connectivity index is 0.00000196. The molecule has 1 rings (SSSR count). The van der Waals surface area contributed by atoms with Gasteiger partial charge in [0.25, 0.3) is 0 Å². The van der Waals surface area contributed by atoms with Gasteiger partial charge in [-0.3, -0.25) is 4.79 Å². The van der Waals surface area contributed by atoms with Crippen molar-refractivity contribution in [3.8, 4) is 0 Å². The number of carbonyl (C=O) groups is 2. The molecule has 2 atom stereocenters. The molecule has 1 aliphatic heterocycles. The number of halogens is 1. The van der Waals surface area contributed by atoms with Crippen LogP contribution in [0.15, 0.2) is 0 Å². The zero-order valence-corrected chi connectivity index (χ0v) is 9.21. The first-order valence-electron chi connectivity index (χ1n) is 4.50. The zero-order valence-electron chi connectivity index (χ0n) is 8.39. The molecular formula is C8H15ClN2O4. The number of nitrogens with two attached hydrogens (primary N) is 1. The minimum absolute atomic E-state index is 0. The van der Waals surface area contributed by atoms with Crippen LogP contribution in [0.3, 0.4) is 0 Å². The summed E-state index contributed by atoms with van der Waals surface area (Å²) in [7, 11) is 0. The molecule has 1 aliphatic rings. The Morgan fingerprint density at radius 3 is 2.93 bits per heavy atom. The fourth-order valence-corrected chi connectivity index (χ4v) is 0.974. The van der Waals surface area contributed by atoms with Crippen LogP contribution >= 0.6 is 12.4 Å². The summed E-state index contributed by atoms with van der Waals surface area (Å²) in [6, 6.07) is -0.597. The van der Waals surface area contributed by atoms with Crippen LogP contribution in [0.1, 0.15) is 13.3 Å². The molecule has 1 amide bonds. The van der Waals surface area contributed by atoms with E-state index in [2.05, 4.69) is 5.32 Å². The minimum Gasteiger partial charge on any atom is -0.461 e. The first-order valence-corrected chi connectivity index (χ1v) is 4.50. The summed E-state index contributed by atoms with van der Waals surface area (Å²) in [5.74, 6) is -0.463. The van der Waals surface area contributed by atoms with Gasteiger partial charge < -0.3 is 20.5 Å². The van der Waals surface area contributed by atoms with Crippen LogP contribution in [0.4, 0.5) is 4.79 Å². The van der Waals surface area contributed by atoms with Crippen LogP contribution < -0.4 is 11.1 Å². The zero-order chi connectivity index (χ0) is 10.6. The third-order valence-corrected chi connectivity index (χ3v) is 1.90. The summed E-state index contributed by atoms with van der Waals surface area (Å²) in [5.41, 5.74) is 5.43. The molecule has 0 radical (unpaired) electrons. The van der Waals surface area contributed by atoms with Crippen molar-refractivity contribution in [3.63, 3.8) is 0 Å². The topological polar surface area (TPSA) is 90.7 Å². The standard InChI is InChI=1S/C8H14N2O4.ClH/c1-2-6(9)7(11)13-4-5-3-10-8(12)14-5;/h5-6H,2-4,9H2,1H3,(H,10,12);1H/t5-,6+;/m1./s1. The lowest BCUT2D eigenvalue weighted by Gasteiger charge is -2.11. The molecule has 6 nitrogen and oxygen atoms in total. The van der Waals surface area contributed by atoms with Gasteiger partial charge in [-0.05, 0) is 6.42 Å². The number of ether oxygens (including phenoxy) is 2. The van der Waals surface area contributed by atoms with E-state index in [0.29, 0.717) is 13.0 Å². The maximum Gasteiger partial charge on any atom is 0.407 e. The average Bonchev–Trinajstić information content (AvgIpc) is 2.59. The van der Waals surface area contributed by atoms with Crippen molar-refractivity contribution in [3.05, 3.63) is 0 Å². The van der Waals surface area contributed by atoms with Gasteiger partial charge in [-0.15, -0.1) is 12.4 Å². The molecule has 15 heavy (non-hydrogen) atoms. The number of rotatable bonds is 4. The molecule has 3 N–H and O–H groups in total. The van der Waals surface area contributed by atoms with Gasteiger partial charge in [-0.2, -0.15) is 0 Å². The summed E-state index contributed by atoms with van der Waals surface area (Å²) < 4.78 is 9.60. The van der Waals surface area contributed by atoms with Crippen molar-refractivity contribution >= 4 is 24.5 Å². The summed E-state index contributed by atoms with van der Waals surface area (Å²) in [5, 5.41) is 2.45. The van der Waals surface area contributed by atoms with Gasteiger partial charge in [0.05, 0.1) is 6.54 Å². The first-order chi connectivity index (χ1) is 6.63. The summed E-state index contributed by atoms with van der Waals surface area (Å²) in [6.45, 7) is 2.22. The van der Waals surface area contributed by atoms with Crippen LogP contribution in [0.2, 0.25) is 0 Å². The van der Waals surface area contributed by atoms with E-state index in [0.717, 1.165) is 0 Å². The van der Waals surface area contributed by atoms with Gasteiger partial charge in [0.2, 0.25) is 0 Å². The van der Waals surface area contributed by atoms with Crippen molar-refractivity contribution < 1.29 is 19.1 Å². The Hall–Kier alpha value is -1.01. The van der Waals surface area contributed by atoms with E-state index in [-0.39, 0.29) is 19.0 Å². The highest BCUT2D eigenvalue weighted by atomic mass is 35.5. The molecule has 1 fully saturated rings. The normalized spacial score (nSPS) is 20.9. The highest BCUT2D eigenvalue weighted by molar-refractivity contribution is 5.85.